The van der Waals surface area contributed by atoms with E-state index in [0.717, 1.165) is 35.8 Å². The number of nitrogens with zero attached hydrogens (tertiary/aromatic N) is 3. The second-order valence-corrected chi connectivity index (χ2v) is 7.24. The van der Waals surface area contributed by atoms with Gasteiger partial charge in [-0.25, -0.2) is 4.68 Å². The first-order chi connectivity index (χ1) is 12.3. The number of benzene rings is 1. The lowest BCUT2D eigenvalue weighted by Gasteiger charge is -2.15. The summed E-state index contributed by atoms with van der Waals surface area (Å²) >= 11 is 1.60. The molecule has 0 radical (unpaired) electrons. The lowest BCUT2D eigenvalue weighted by atomic mass is 10.1. The number of rotatable bonds is 4. The first-order valence-corrected chi connectivity index (χ1v) is 9.32. The summed E-state index contributed by atoms with van der Waals surface area (Å²) in [5, 5.41) is 6.71. The van der Waals surface area contributed by atoms with E-state index in [4.69, 9.17) is 10.8 Å². The number of para-hydroxylation sites is 1. The van der Waals surface area contributed by atoms with Crippen molar-refractivity contribution in [2.24, 2.45) is 11.7 Å². The normalized spacial score (nSPS) is 17.2. The summed E-state index contributed by atoms with van der Waals surface area (Å²) in [7, 11) is 0. The molecule has 3 aromatic rings. The quantitative estimate of drug-likeness (QED) is 0.785. The van der Waals surface area contributed by atoms with Gasteiger partial charge in [0.05, 0.1) is 16.1 Å². The number of carbonyl (C=O) groups is 1. The number of likely N-dealkylation sites (tertiary alicyclic amines) is 1. The van der Waals surface area contributed by atoms with Gasteiger partial charge in [0, 0.05) is 19.3 Å². The molecule has 1 amide bonds. The molecule has 128 valence electrons. The third kappa shape index (κ3) is 3.10. The van der Waals surface area contributed by atoms with E-state index in [1.165, 1.54) is 0 Å². The van der Waals surface area contributed by atoms with Crippen molar-refractivity contribution in [1.29, 1.82) is 0 Å². The molecule has 25 heavy (non-hydrogen) atoms. The van der Waals surface area contributed by atoms with Gasteiger partial charge in [0.15, 0.2) is 0 Å². The minimum Gasteiger partial charge on any atom is -0.338 e. The van der Waals surface area contributed by atoms with Crippen LogP contribution in [-0.2, 0) is 0 Å². The monoisotopic (exact) mass is 352 g/mol. The van der Waals surface area contributed by atoms with Crippen molar-refractivity contribution in [3.63, 3.8) is 0 Å². The second-order valence-electron chi connectivity index (χ2n) is 6.29. The standard InChI is InChI=1S/C19H20N4OS/c20-11-14-8-9-22(12-14)19(24)16-13-23(15-5-2-1-3-6-15)21-18(16)17-7-4-10-25-17/h1-7,10,13-14H,8-9,11-12,20H2. The first-order valence-electron chi connectivity index (χ1n) is 8.44. The molecule has 1 aliphatic heterocycles. The summed E-state index contributed by atoms with van der Waals surface area (Å²) in [5.74, 6) is 0.444. The van der Waals surface area contributed by atoms with Gasteiger partial charge in [-0.15, -0.1) is 11.3 Å². The van der Waals surface area contributed by atoms with E-state index < -0.39 is 0 Å². The molecule has 4 rings (SSSR count). The van der Waals surface area contributed by atoms with E-state index in [1.54, 1.807) is 16.0 Å². The molecule has 1 atom stereocenters. The third-order valence-corrected chi connectivity index (χ3v) is 5.50. The molecule has 1 aromatic carbocycles. The van der Waals surface area contributed by atoms with Crippen LogP contribution in [0.3, 0.4) is 0 Å². The predicted octanol–water partition coefficient (Wildman–Crippen LogP) is 3.02. The Hall–Kier alpha value is -2.44. The number of nitrogens with two attached hydrogens (primary N) is 1. The Morgan fingerprint density at radius 1 is 1.24 bits per heavy atom. The van der Waals surface area contributed by atoms with Gasteiger partial charge >= 0.3 is 0 Å². The highest BCUT2D eigenvalue weighted by molar-refractivity contribution is 7.13. The van der Waals surface area contributed by atoms with Crippen molar-refractivity contribution in [3.05, 3.63) is 59.6 Å². The molecule has 1 fully saturated rings. The molecule has 1 aliphatic rings. The van der Waals surface area contributed by atoms with Crippen LogP contribution < -0.4 is 5.73 Å². The fraction of sp³-hybridized carbons (Fsp3) is 0.263. The maximum atomic E-state index is 13.1. The van der Waals surface area contributed by atoms with Gasteiger partial charge in [-0.2, -0.15) is 5.10 Å². The number of hydrogen-bond acceptors (Lipinski definition) is 4. The van der Waals surface area contributed by atoms with Crippen molar-refractivity contribution in [2.75, 3.05) is 19.6 Å². The minimum atomic E-state index is 0.0431. The first kappa shape index (κ1) is 16.1. The maximum Gasteiger partial charge on any atom is 0.257 e. The average molecular weight is 352 g/mol. The number of hydrogen-bond donors (Lipinski definition) is 1. The molecular formula is C19H20N4OS. The van der Waals surface area contributed by atoms with Crippen LogP contribution in [0.25, 0.3) is 16.3 Å². The van der Waals surface area contributed by atoms with Gasteiger partial charge in [0.2, 0.25) is 0 Å². The highest BCUT2D eigenvalue weighted by Gasteiger charge is 2.29. The third-order valence-electron chi connectivity index (χ3n) is 4.63. The largest absolute Gasteiger partial charge is 0.338 e. The molecule has 0 bridgehead atoms. The summed E-state index contributed by atoms with van der Waals surface area (Å²) in [6.07, 6.45) is 2.83. The van der Waals surface area contributed by atoms with Crippen LogP contribution in [0, 0.1) is 5.92 Å². The van der Waals surface area contributed by atoms with Gasteiger partial charge in [-0.3, -0.25) is 4.79 Å². The van der Waals surface area contributed by atoms with E-state index in [2.05, 4.69) is 0 Å². The van der Waals surface area contributed by atoms with Crippen LogP contribution in [0.15, 0.2) is 54.0 Å². The molecule has 6 heteroatoms. The molecule has 3 heterocycles. The zero-order chi connectivity index (χ0) is 17.2. The lowest BCUT2D eigenvalue weighted by molar-refractivity contribution is 0.0788. The van der Waals surface area contributed by atoms with E-state index in [9.17, 15) is 4.79 Å². The van der Waals surface area contributed by atoms with Crippen molar-refractivity contribution in [2.45, 2.75) is 6.42 Å². The van der Waals surface area contributed by atoms with Crippen molar-refractivity contribution in [3.8, 4) is 16.3 Å². The van der Waals surface area contributed by atoms with Crippen LogP contribution in [0.1, 0.15) is 16.8 Å². The van der Waals surface area contributed by atoms with E-state index >= 15 is 0 Å². The van der Waals surface area contributed by atoms with Crippen LogP contribution in [0.4, 0.5) is 0 Å². The summed E-state index contributed by atoms with van der Waals surface area (Å²) in [4.78, 5) is 16.0. The second kappa shape index (κ2) is 6.82. The van der Waals surface area contributed by atoms with E-state index in [0.29, 0.717) is 18.0 Å². The number of amides is 1. The summed E-state index contributed by atoms with van der Waals surface area (Å²) in [6.45, 7) is 2.13. The van der Waals surface area contributed by atoms with Gasteiger partial charge in [-0.1, -0.05) is 24.3 Å². The highest BCUT2D eigenvalue weighted by Crippen LogP contribution is 2.29. The average Bonchev–Trinajstić information content (AvgIpc) is 3.41. The molecular weight excluding hydrogens is 332 g/mol. The Balaban J connectivity index is 1.73. The molecule has 0 spiro atoms. The van der Waals surface area contributed by atoms with Gasteiger partial charge in [-0.05, 0) is 42.5 Å². The molecule has 0 saturated carbocycles. The van der Waals surface area contributed by atoms with Crippen LogP contribution in [0.5, 0.6) is 0 Å². The molecule has 5 nitrogen and oxygen atoms in total. The molecule has 1 unspecified atom stereocenters. The Kier molecular flexibility index (Phi) is 4.38. The molecule has 2 N–H and O–H groups in total. The summed E-state index contributed by atoms with van der Waals surface area (Å²) < 4.78 is 1.79. The lowest BCUT2D eigenvalue weighted by Crippen LogP contribution is -2.30. The Morgan fingerprint density at radius 2 is 2.08 bits per heavy atom. The van der Waals surface area contributed by atoms with Gasteiger partial charge in [0.25, 0.3) is 5.91 Å². The fourth-order valence-electron chi connectivity index (χ4n) is 3.22. The van der Waals surface area contributed by atoms with Gasteiger partial charge in [0.1, 0.15) is 5.69 Å². The summed E-state index contributed by atoms with van der Waals surface area (Å²) in [6, 6.07) is 13.9. The number of carbonyl (C=O) groups excluding carboxylic acids is 1. The van der Waals surface area contributed by atoms with Crippen molar-refractivity contribution in [1.82, 2.24) is 14.7 Å². The van der Waals surface area contributed by atoms with Gasteiger partial charge < -0.3 is 10.6 Å². The van der Waals surface area contributed by atoms with Crippen molar-refractivity contribution < 1.29 is 4.79 Å². The van der Waals surface area contributed by atoms with Crippen LogP contribution >= 0.6 is 11.3 Å². The van der Waals surface area contributed by atoms with Crippen LogP contribution in [-0.4, -0.2) is 40.2 Å². The molecule has 2 aromatic heterocycles. The van der Waals surface area contributed by atoms with Crippen molar-refractivity contribution >= 4 is 17.2 Å². The number of aromatic nitrogens is 2. The molecule has 0 aliphatic carbocycles. The van der Waals surface area contributed by atoms with E-state index in [-0.39, 0.29) is 5.91 Å². The topological polar surface area (TPSA) is 64.2 Å². The zero-order valence-electron chi connectivity index (χ0n) is 13.8. The zero-order valence-corrected chi connectivity index (χ0v) is 14.7. The SMILES string of the molecule is NCC1CCN(C(=O)c2cn(-c3ccccc3)nc2-c2cccs2)C1. The highest BCUT2D eigenvalue weighted by atomic mass is 32.1. The smallest absolute Gasteiger partial charge is 0.257 e. The Bertz CT molecular complexity index is 857. The Labute approximate surface area is 150 Å². The number of thiophene rings is 1. The van der Waals surface area contributed by atoms with E-state index in [1.807, 2.05) is 58.9 Å². The Morgan fingerprint density at radius 3 is 2.76 bits per heavy atom. The minimum absolute atomic E-state index is 0.0431. The summed E-state index contributed by atoms with van der Waals surface area (Å²) in [5.41, 5.74) is 8.12. The fourth-order valence-corrected chi connectivity index (χ4v) is 3.94. The maximum absolute atomic E-state index is 13.1. The predicted molar refractivity (Wildman–Crippen MR) is 99.9 cm³/mol. The molecule has 1 saturated heterocycles. The van der Waals surface area contributed by atoms with Crippen LogP contribution in [0.2, 0.25) is 0 Å².